The number of hydrogen-bond donors (Lipinski definition) is 4. The van der Waals surface area contributed by atoms with Gasteiger partial charge < -0.3 is 16.6 Å². The summed E-state index contributed by atoms with van der Waals surface area (Å²) in [5.41, 5.74) is 9.71. The second-order valence-electron chi connectivity index (χ2n) is 5.12. The zero-order chi connectivity index (χ0) is 15.7. The fourth-order valence-electron chi connectivity index (χ4n) is 1.43. The Hall–Kier alpha value is -1.64. The number of rotatable bonds is 5. The molecule has 1 amide bonds. The first-order chi connectivity index (χ1) is 8.97. The molecule has 0 fully saturated rings. The standard InChI is InChI=1S/C12H19N3O4S/c1-7(16)12(2,3)15-20(18,19)10-5-4-8(11(14)17)6-9(10)13/h4-7,15-16H,13H2,1-3H3,(H2,14,17). The van der Waals surface area contributed by atoms with Gasteiger partial charge in [-0.1, -0.05) is 0 Å². The minimum Gasteiger partial charge on any atom is -0.398 e. The molecule has 0 saturated carbocycles. The zero-order valence-corrected chi connectivity index (χ0v) is 12.4. The van der Waals surface area contributed by atoms with Crippen LogP contribution >= 0.6 is 0 Å². The van der Waals surface area contributed by atoms with E-state index in [-0.39, 0.29) is 16.1 Å². The number of benzene rings is 1. The summed E-state index contributed by atoms with van der Waals surface area (Å²) in [6.45, 7) is 4.56. The van der Waals surface area contributed by atoms with E-state index in [1.54, 1.807) is 13.8 Å². The van der Waals surface area contributed by atoms with E-state index in [0.29, 0.717) is 0 Å². The number of aliphatic hydroxyl groups excluding tert-OH is 1. The summed E-state index contributed by atoms with van der Waals surface area (Å²) in [5, 5.41) is 9.56. The third kappa shape index (κ3) is 3.47. The molecule has 1 aromatic carbocycles. The lowest BCUT2D eigenvalue weighted by Gasteiger charge is -2.29. The van der Waals surface area contributed by atoms with Gasteiger partial charge in [-0.3, -0.25) is 4.79 Å². The number of aliphatic hydroxyl groups is 1. The maximum absolute atomic E-state index is 12.2. The van der Waals surface area contributed by atoms with Gasteiger partial charge in [-0.15, -0.1) is 0 Å². The van der Waals surface area contributed by atoms with Gasteiger partial charge in [-0.25, -0.2) is 13.1 Å². The lowest BCUT2D eigenvalue weighted by Crippen LogP contribution is -2.50. The normalized spacial score (nSPS) is 14.0. The van der Waals surface area contributed by atoms with Crippen LogP contribution < -0.4 is 16.2 Å². The Morgan fingerprint density at radius 2 is 1.95 bits per heavy atom. The molecule has 1 unspecified atom stereocenters. The molecule has 1 rings (SSSR count). The SMILES string of the molecule is CC(O)C(C)(C)NS(=O)(=O)c1ccc(C(N)=O)cc1N. The van der Waals surface area contributed by atoms with Crippen LogP contribution in [0.1, 0.15) is 31.1 Å². The molecule has 0 heterocycles. The second-order valence-corrected chi connectivity index (χ2v) is 6.77. The smallest absolute Gasteiger partial charge is 0.248 e. The Balaban J connectivity index is 3.21. The van der Waals surface area contributed by atoms with Gasteiger partial charge >= 0.3 is 0 Å². The average Bonchev–Trinajstić information content (AvgIpc) is 2.26. The maximum Gasteiger partial charge on any atom is 0.248 e. The Kier molecular flexibility index (Phi) is 4.42. The lowest BCUT2D eigenvalue weighted by atomic mass is 10.0. The van der Waals surface area contributed by atoms with Gasteiger partial charge in [0.1, 0.15) is 4.90 Å². The van der Waals surface area contributed by atoms with E-state index in [1.165, 1.54) is 25.1 Å². The molecule has 0 saturated heterocycles. The van der Waals surface area contributed by atoms with E-state index in [4.69, 9.17) is 11.5 Å². The van der Waals surface area contributed by atoms with Gasteiger partial charge in [-0.05, 0) is 39.0 Å². The van der Waals surface area contributed by atoms with E-state index in [0.717, 1.165) is 0 Å². The first-order valence-electron chi connectivity index (χ1n) is 5.89. The van der Waals surface area contributed by atoms with E-state index in [1.807, 2.05) is 0 Å². The quantitative estimate of drug-likeness (QED) is 0.559. The van der Waals surface area contributed by atoms with Gasteiger partial charge in [0.05, 0.1) is 17.3 Å². The van der Waals surface area contributed by atoms with Crippen LogP contribution in [0, 0.1) is 0 Å². The first kappa shape index (κ1) is 16.4. The lowest BCUT2D eigenvalue weighted by molar-refractivity contribution is 0.1000. The van der Waals surface area contributed by atoms with Crippen LogP contribution in [0.5, 0.6) is 0 Å². The van der Waals surface area contributed by atoms with E-state index < -0.39 is 27.6 Å². The fraction of sp³-hybridized carbons (Fsp3) is 0.417. The summed E-state index contributed by atoms with van der Waals surface area (Å²) in [5.74, 6) is -0.696. The van der Waals surface area contributed by atoms with Gasteiger partial charge in [0, 0.05) is 5.56 Å². The minimum absolute atomic E-state index is 0.0878. The van der Waals surface area contributed by atoms with E-state index in [2.05, 4.69) is 4.72 Å². The molecule has 6 N–H and O–H groups in total. The Morgan fingerprint density at radius 3 is 2.35 bits per heavy atom. The van der Waals surface area contributed by atoms with Crippen LogP contribution in [-0.2, 0) is 10.0 Å². The second kappa shape index (κ2) is 5.39. The van der Waals surface area contributed by atoms with E-state index >= 15 is 0 Å². The highest BCUT2D eigenvalue weighted by Crippen LogP contribution is 2.22. The number of sulfonamides is 1. The monoisotopic (exact) mass is 301 g/mol. The van der Waals surface area contributed by atoms with Crippen LogP contribution in [0.3, 0.4) is 0 Å². The van der Waals surface area contributed by atoms with Gasteiger partial charge in [0.2, 0.25) is 15.9 Å². The molecule has 0 aromatic heterocycles. The number of hydrogen-bond acceptors (Lipinski definition) is 5. The summed E-state index contributed by atoms with van der Waals surface area (Å²) in [4.78, 5) is 10.8. The van der Waals surface area contributed by atoms with Crippen molar-refractivity contribution in [3.63, 3.8) is 0 Å². The average molecular weight is 301 g/mol. The minimum atomic E-state index is -3.92. The Morgan fingerprint density at radius 1 is 1.40 bits per heavy atom. The van der Waals surface area contributed by atoms with Gasteiger partial charge in [-0.2, -0.15) is 0 Å². The molecule has 7 nitrogen and oxygen atoms in total. The van der Waals surface area contributed by atoms with Crippen molar-refractivity contribution in [1.29, 1.82) is 0 Å². The molecule has 0 aliphatic rings. The number of anilines is 1. The number of carbonyl (C=O) groups excluding carboxylic acids is 1. The highest BCUT2D eigenvalue weighted by atomic mass is 32.2. The predicted molar refractivity (Wildman–Crippen MR) is 75.5 cm³/mol. The van der Waals surface area contributed by atoms with Crippen molar-refractivity contribution in [1.82, 2.24) is 4.72 Å². The summed E-state index contributed by atoms with van der Waals surface area (Å²) in [6.07, 6.45) is -0.900. The van der Waals surface area contributed by atoms with Crippen LogP contribution in [0.4, 0.5) is 5.69 Å². The number of carbonyl (C=O) groups is 1. The molecule has 0 spiro atoms. The molecule has 0 aliphatic carbocycles. The molecular formula is C12H19N3O4S. The van der Waals surface area contributed by atoms with Crippen LogP contribution in [0.25, 0.3) is 0 Å². The number of nitrogens with two attached hydrogens (primary N) is 2. The van der Waals surface area contributed by atoms with Crippen LogP contribution in [0.15, 0.2) is 23.1 Å². The van der Waals surface area contributed by atoms with Gasteiger partial charge in [0.25, 0.3) is 0 Å². The first-order valence-corrected chi connectivity index (χ1v) is 7.37. The number of amides is 1. The molecule has 0 radical (unpaired) electrons. The summed E-state index contributed by atoms with van der Waals surface area (Å²) in [7, 11) is -3.92. The van der Waals surface area contributed by atoms with Crippen LogP contribution in [-0.4, -0.2) is 31.1 Å². The van der Waals surface area contributed by atoms with Crippen molar-refractivity contribution in [3.05, 3.63) is 23.8 Å². The molecule has 0 bridgehead atoms. The fourth-order valence-corrected chi connectivity index (χ4v) is 3.02. The highest BCUT2D eigenvalue weighted by molar-refractivity contribution is 7.89. The number of nitrogens with one attached hydrogen (secondary N) is 1. The molecule has 112 valence electrons. The molecule has 1 aromatic rings. The summed E-state index contributed by atoms with van der Waals surface area (Å²) in [6, 6.07) is 3.69. The summed E-state index contributed by atoms with van der Waals surface area (Å²) < 4.78 is 26.8. The van der Waals surface area contributed by atoms with Crippen molar-refractivity contribution in [2.75, 3.05) is 5.73 Å². The van der Waals surface area contributed by atoms with Crippen molar-refractivity contribution < 1.29 is 18.3 Å². The maximum atomic E-state index is 12.2. The third-order valence-corrected chi connectivity index (χ3v) is 4.77. The molecule has 8 heteroatoms. The Labute approximate surface area is 118 Å². The van der Waals surface area contributed by atoms with E-state index in [9.17, 15) is 18.3 Å². The summed E-state index contributed by atoms with van der Waals surface area (Å²) >= 11 is 0. The highest BCUT2D eigenvalue weighted by Gasteiger charge is 2.31. The molecule has 1 atom stereocenters. The van der Waals surface area contributed by atoms with Crippen molar-refractivity contribution in [3.8, 4) is 0 Å². The Bertz CT molecular complexity index is 624. The molecule has 20 heavy (non-hydrogen) atoms. The van der Waals surface area contributed by atoms with Crippen molar-refractivity contribution in [2.45, 2.75) is 37.3 Å². The van der Waals surface area contributed by atoms with Crippen LogP contribution in [0.2, 0.25) is 0 Å². The number of primary amides is 1. The van der Waals surface area contributed by atoms with Crippen molar-refractivity contribution >= 4 is 21.6 Å². The molecule has 0 aliphatic heterocycles. The molecular weight excluding hydrogens is 282 g/mol. The topological polar surface area (TPSA) is 136 Å². The third-order valence-electron chi connectivity index (χ3n) is 3.03. The largest absolute Gasteiger partial charge is 0.398 e. The van der Waals surface area contributed by atoms with Crippen molar-refractivity contribution in [2.24, 2.45) is 5.73 Å². The number of nitrogen functional groups attached to an aromatic ring is 1. The zero-order valence-electron chi connectivity index (χ0n) is 11.5. The van der Waals surface area contributed by atoms with Gasteiger partial charge in [0.15, 0.2) is 0 Å². The predicted octanol–water partition coefficient (Wildman–Crippen LogP) is -0.195.